The van der Waals surface area contributed by atoms with Crippen molar-refractivity contribution in [3.63, 3.8) is 0 Å². The average molecular weight is 470 g/mol. The van der Waals surface area contributed by atoms with Crippen LogP contribution in [0.4, 0.5) is 17.6 Å². The molecule has 34 heavy (non-hydrogen) atoms. The van der Waals surface area contributed by atoms with E-state index >= 15 is 0 Å². The molecule has 0 saturated heterocycles. The molecule has 1 unspecified atom stereocenters. The second-order valence-corrected chi connectivity index (χ2v) is 7.83. The van der Waals surface area contributed by atoms with Gasteiger partial charge >= 0.3 is 11.9 Å². The van der Waals surface area contributed by atoms with Gasteiger partial charge in [0.15, 0.2) is 17.2 Å². The van der Waals surface area contributed by atoms with Crippen molar-refractivity contribution in [2.45, 2.75) is 18.6 Å². The van der Waals surface area contributed by atoms with Gasteiger partial charge in [-0.15, -0.1) is 0 Å². The first kappa shape index (κ1) is 20.4. The summed E-state index contributed by atoms with van der Waals surface area (Å²) in [6.07, 6.45) is -1.44. The Hall–Kier alpha value is -4.22. The third-order valence-electron chi connectivity index (χ3n) is 5.84. The van der Waals surface area contributed by atoms with E-state index in [0.29, 0.717) is 23.0 Å². The van der Waals surface area contributed by atoms with Crippen molar-refractivity contribution in [2.24, 2.45) is 0 Å². The van der Waals surface area contributed by atoms with Crippen LogP contribution in [0.5, 0.6) is 5.75 Å². The molecule has 5 aromatic rings. The Kier molecular flexibility index (Phi) is 4.28. The second kappa shape index (κ2) is 7.14. The van der Waals surface area contributed by atoms with Gasteiger partial charge in [0.25, 0.3) is 0 Å². The van der Waals surface area contributed by atoms with Crippen LogP contribution >= 0.6 is 0 Å². The summed E-state index contributed by atoms with van der Waals surface area (Å²) in [4.78, 5) is 28.4. The van der Waals surface area contributed by atoms with E-state index < -0.39 is 29.3 Å². The van der Waals surface area contributed by atoms with Crippen LogP contribution in [-0.2, 0) is 6.18 Å². The minimum absolute atomic E-state index is 0.0357. The van der Waals surface area contributed by atoms with Crippen LogP contribution in [-0.4, -0.2) is 35.7 Å². The SMILES string of the molecule is O=c1[nH]c2cnc(-n3cnc4ccc(C(F)(F)F)cc43)nc2n1C1CCOc2c(F)cccc21. The summed E-state index contributed by atoms with van der Waals surface area (Å²) in [7, 11) is 0. The molecule has 6 rings (SSSR count). The summed E-state index contributed by atoms with van der Waals surface area (Å²) < 4.78 is 62.2. The summed E-state index contributed by atoms with van der Waals surface area (Å²) in [5, 5.41) is 0. The minimum atomic E-state index is -4.53. The second-order valence-electron chi connectivity index (χ2n) is 7.83. The van der Waals surface area contributed by atoms with Gasteiger partial charge in [0, 0.05) is 12.0 Å². The number of para-hydroxylation sites is 1. The van der Waals surface area contributed by atoms with E-state index in [-0.39, 0.29) is 29.5 Å². The van der Waals surface area contributed by atoms with Crippen molar-refractivity contribution in [1.82, 2.24) is 29.1 Å². The Labute approximate surface area is 187 Å². The highest BCUT2D eigenvalue weighted by atomic mass is 19.4. The Morgan fingerprint density at radius 3 is 2.82 bits per heavy atom. The number of fused-ring (bicyclic) bond motifs is 3. The number of hydrogen-bond acceptors (Lipinski definition) is 5. The average Bonchev–Trinajstić information content (AvgIpc) is 3.37. The zero-order chi connectivity index (χ0) is 23.6. The predicted octanol–water partition coefficient (Wildman–Crippen LogP) is 3.99. The molecular weight excluding hydrogens is 456 g/mol. The lowest BCUT2D eigenvalue weighted by Gasteiger charge is -2.26. The van der Waals surface area contributed by atoms with Crippen molar-refractivity contribution in [2.75, 3.05) is 6.61 Å². The largest absolute Gasteiger partial charge is 0.490 e. The zero-order valence-electron chi connectivity index (χ0n) is 17.2. The number of aromatic amines is 1. The molecule has 1 aliphatic heterocycles. The van der Waals surface area contributed by atoms with Crippen molar-refractivity contribution >= 4 is 22.2 Å². The molecule has 0 spiro atoms. The molecule has 4 heterocycles. The molecule has 0 fully saturated rings. The van der Waals surface area contributed by atoms with Crippen molar-refractivity contribution in [1.29, 1.82) is 0 Å². The van der Waals surface area contributed by atoms with Gasteiger partial charge in [-0.2, -0.15) is 18.2 Å². The quantitative estimate of drug-likeness (QED) is 0.394. The van der Waals surface area contributed by atoms with E-state index in [1.165, 1.54) is 39.9 Å². The van der Waals surface area contributed by atoms with Crippen LogP contribution in [0.25, 0.3) is 28.1 Å². The molecule has 1 aliphatic rings. The highest BCUT2D eigenvalue weighted by Gasteiger charge is 2.31. The zero-order valence-corrected chi connectivity index (χ0v) is 17.2. The molecular formula is C22H14F4N6O2. The van der Waals surface area contributed by atoms with Gasteiger partial charge in [-0.3, -0.25) is 9.13 Å². The van der Waals surface area contributed by atoms with Gasteiger partial charge < -0.3 is 9.72 Å². The number of ether oxygens (including phenoxy) is 1. The van der Waals surface area contributed by atoms with E-state index in [1.54, 1.807) is 6.07 Å². The van der Waals surface area contributed by atoms with Gasteiger partial charge in [0.05, 0.1) is 35.4 Å². The maximum atomic E-state index is 14.3. The number of aromatic nitrogens is 6. The van der Waals surface area contributed by atoms with Gasteiger partial charge in [-0.1, -0.05) is 12.1 Å². The maximum Gasteiger partial charge on any atom is 0.416 e. The maximum absolute atomic E-state index is 14.3. The van der Waals surface area contributed by atoms with E-state index in [9.17, 15) is 22.4 Å². The van der Waals surface area contributed by atoms with Crippen molar-refractivity contribution in [3.8, 4) is 11.7 Å². The summed E-state index contributed by atoms with van der Waals surface area (Å²) in [6, 6.07) is 7.13. The molecule has 172 valence electrons. The lowest BCUT2D eigenvalue weighted by molar-refractivity contribution is -0.137. The fraction of sp³-hybridized carbons (Fsp3) is 0.182. The number of H-pyrrole nitrogens is 1. The molecule has 0 aliphatic carbocycles. The van der Waals surface area contributed by atoms with Crippen molar-refractivity contribution in [3.05, 3.63) is 76.4 Å². The number of rotatable bonds is 2. The van der Waals surface area contributed by atoms with Crippen molar-refractivity contribution < 1.29 is 22.3 Å². The number of alkyl halides is 3. The molecule has 0 bridgehead atoms. The highest BCUT2D eigenvalue weighted by molar-refractivity contribution is 5.78. The monoisotopic (exact) mass is 470 g/mol. The normalized spacial score (nSPS) is 16.1. The Morgan fingerprint density at radius 1 is 1.15 bits per heavy atom. The molecule has 12 heteroatoms. The van der Waals surface area contributed by atoms with E-state index in [0.717, 1.165) is 12.1 Å². The number of benzene rings is 2. The third-order valence-corrected chi connectivity index (χ3v) is 5.84. The van der Waals surface area contributed by atoms with Crippen LogP contribution in [0.3, 0.4) is 0 Å². The first-order valence-electron chi connectivity index (χ1n) is 10.2. The highest BCUT2D eigenvalue weighted by Crippen LogP contribution is 2.37. The van der Waals surface area contributed by atoms with Gasteiger partial charge in [-0.25, -0.2) is 19.2 Å². The smallest absolute Gasteiger partial charge is 0.416 e. The van der Waals surface area contributed by atoms with E-state index in [2.05, 4.69) is 19.9 Å². The topological polar surface area (TPSA) is 90.6 Å². The van der Waals surface area contributed by atoms with Crippen LogP contribution in [0.15, 0.2) is 53.7 Å². The minimum Gasteiger partial charge on any atom is -0.490 e. The fourth-order valence-corrected chi connectivity index (χ4v) is 4.29. The summed E-state index contributed by atoms with van der Waals surface area (Å²) in [5.74, 6) is -0.418. The van der Waals surface area contributed by atoms with E-state index in [1.807, 2.05) is 0 Å². The number of nitrogens with zero attached hydrogens (tertiary/aromatic N) is 5. The Balaban J connectivity index is 1.53. The molecule has 2 aromatic carbocycles. The third kappa shape index (κ3) is 3.05. The number of nitrogens with one attached hydrogen (secondary N) is 1. The fourth-order valence-electron chi connectivity index (χ4n) is 4.29. The summed E-state index contributed by atoms with van der Waals surface area (Å²) in [5.41, 5.74) is 0.247. The van der Waals surface area contributed by atoms with Crippen LogP contribution in [0, 0.1) is 5.82 Å². The number of imidazole rings is 2. The molecule has 8 nitrogen and oxygen atoms in total. The number of halogens is 4. The molecule has 3 aromatic heterocycles. The van der Waals surface area contributed by atoms with Gasteiger partial charge in [0.1, 0.15) is 11.8 Å². The van der Waals surface area contributed by atoms with Gasteiger partial charge in [0.2, 0.25) is 5.95 Å². The van der Waals surface area contributed by atoms with E-state index in [4.69, 9.17) is 4.74 Å². The standard InChI is InChI=1S/C22H14F4N6O2/c23-13-3-1-2-12-16(6-7-34-18(12)13)32-19-15(29-21(32)33)9-27-20(30-19)31-10-28-14-5-4-11(8-17(14)31)22(24,25)26/h1-5,8-10,16H,6-7H2,(H,29,33). The van der Waals surface area contributed by atoms with Gasteiger partial charge in [-0.05, 0) is 24.3 Å². The molecule has 1 N–H and O–H groups in total. The molecule has 0 radical (unpaired) electrons. The first-order valence-corrected chi connectivity index (χ1v) is 10.2. The molecule has 0 amide bonds. The lowest BCUT2D eigenvalue weighted by Crippen LogP contribution is -2.28. The lowest BCUT2D eigenvalue weighted by atomic mass is 10.00. The summed E-state index contributed by atoms with van der Waals surface area (Å²) >= 11 is 0. The molecule has 1 atom stereocenters. The first-order chi connectivity index (χ1) is 16.3. The number of hydrogen-bond donors (Lipinski definition) is 1. The van der Waals surface area contributed by atoms with Crippen LogP contribution in [0.2, 0.25) is 0 Å². The summed E-state index contributed by atoms with van der Waals surface area (Å²) in [6.45, 7) is 0.196. The van der Waals surface area contributed by atoms with Crippen LogP contribution in [0.1, 0.15) is 23.6 Å². The Bertz CT molecular complexity index is 1630. The molecule has 0 saturated carbocycles. The predicted molar refractivity (Wildman–Crippen MR) is 112 cm³/mol. The van der Waals surface area contributed by atoms with Crippen LogP contribution < -0.4 is 10.4 Å². The Morgan fingerprint density at radius 2 is 2.00 bits per heavy atom.